The van der Waals surface area contributed by atoms with Gasteiger partial charge >= 0.3 is 6.03 Å². The van der Waals surface area contributed by atoms with Crippen molar-refractivity contribution < 1.29 is 24.6 Å². The van der Waals surface area contributed by atoms with Gasteiger partial charge in [0.25, 0.3) is 5.91 Å². The van der Waals surface area contributed by atoms with Crippen molar-refractivity contribution in [2.45, 2.75) is 13.3 Å². The highest BCUT2D eigenvalue weighted by Crippen LogP contribution is 2.21. The minimum absolute atomic E-state index is 0.453. The Labute approximate surface area is 158 Å². The van der Waals surface area contributed by atoms with E-state index in [4.69, 9.17) is 0 Å². The van der Waals surface area contributed by atoms with E-state index < -0.39 is 23.8 Å². The largest absolute Gasteiger partial charge is 0.337 e. The number of aliphatic imine (C=N–C) groups is 1. The summed E-state index contributed by atoms with van der Waals surface area (Å²) >= 11 is 0. The molecule has 2 aliphatic rings. The molecule has 0 saturated carbocycles. The van der Waals surface area contributed by atoms with Gasteiger partial charge in [0, 0.05) is 6.21 Å². The number of amides is 4. The van der Waals surface area contributed by atoms with Crippen LogP contribution in [0.5, 0.6) is 0 Å². The molecule has 144 valence electrons. The predicted octanol–water partition coefficient (Wildman–Crippen LogP) is -2.02. The maximum atomic E-state index is 12.7. The van der Waals surface area contributed by atoms with Crippen LogP contribution in [0.1, 0.15) is 12.5 Å². The fourth-order valence-electron chi connectivity index (χ4n) is 3.38. The first-order valence-corrected chi connectivity index (χ1v) is 9.53. The Morgan fingerprint density at radius 1 is 1.22 bits per heavy atom. The molecule has 27 heavy (non-hydrogen) atoms. The van der Waals surface area contributed by atoms with Crippen LogP contribution in [-0.4, -0.2) is 63.3 Å². The van der Waals surface area contributed by atoms with E-state index in [0.717, 1.165) is 49.6 Å². The average molecular weight is 373 g/mol. The quantitative estimate of drug-likeness (QED) is 0.396. The number of hydrogen-bond acceptors (Lipinski definition) is 4. The second-order valence-electron chi connectivity index (χ2n) is 6.89. The minimum Gasteiger partial charge on any atom is -0.337 e. The molecule has 0 aliphatic carbocycles. The fourth-order valence-corrected chi connectivity index (χ4v) is 3.38. The zero-order chi connectivity index (χ0) is 19.2. The molecule has 0 unspecified atom stereocenters. The van der Waals surface area contributed by atoms with E-state index in [9.17, 15) is 14.4 Å². The number of aryl methyl sites for hydroxylation is 1. The maximum Gasteiger partial charge on any atom is 0.335 e. The number of carbonyl (C=O) groups excluding carboxylic acids is 3. The van der Waals surface area contributed by atoms with E-state index in [2.05, 4.69) is 15.6 Å². The summed E-state index contributed by atoms with van der Waals surface area (Å²) in [5, 5.41) is 4.56. The van der Waals surface area contributed by atoms with Gasteiger partial charge in [0.2, 0.25) is 5.91 Å². The fraction of sp³-hybridized carbons (Fsp3) is 0.474. The summed E-state index contributed by atoms with van der Waals surface area (Å²) in [5.74, 6) is -2.25. The van der Waals surface area contributed by atoms with E-state index in [1.807, 2.05) is 19.1 Å². The van der Waals surface area contributed by atoms with Crippen molar-refractivity contribution in [1.29, 1.82) is 0 Å². The SMILES string of the molecule is CCc1ccc(N2C(=O)NC(=O)[C@@H](C=NCC[NH+]3CC[NH2+]CC3)C2=O)cc1. The lowest BCUT2D eigenvalue weighted by molar-refractivity contribution is -0.945. The van der Waals surface area contributed by atoms with Gasteiger partial charge in [-0.05, 0) is 24.1 Å². The van der Waals surface area contributed by atoms with Gasteiger partial charge in [-0.3, -0.25) is 19.9 Å². The highest BCUT2D eigenvalue weighted by Gasteiger charge is 2.40. The summed E-state index contributed by atoms with van der Waals surface area (Å²) in [6.07, 6.45) is 2.25. The van der Waals surface area contributed by atoms with Gasteiger partial charge in [0.05, 0.1) is 18.8 Å². The average Bonchev–Trinajstić information content (AvgIpc) is 2.68. The maximum absolute atomic E-state index is 12.7. The highest BCUT2D eigenvalue weighted by molar-refractivity contribution is 6.32. The standard InChI is InChI=1S/C19H25N5O3/c1-2-14-3-5-15(6-4-14)24-18(26)16(17(25)22-19(24)27)13-21-9-12-23-10-7-20-8-11-23/h3-6,13,16,20H,2,7-12H2,1H3,(H,22,25,27)/p+2/t16-/m1/s1. The molecule has 0 radical (unpaired) electrons. The lowest BCUT2D eigenvalue weighted by atomic mass is 10.1. The number of hydrogen-bond donors (Lipinski definition) is 3. The van der Waals surface area contributed by atoms with E-state index >= 15 is 0 Å². The van der Waals surface area contributed by atoms with E-state index in [-0.39, 0.29) is 0 Å². The third kappa shape index (κ3) is 4.58. The van der Waals surface area contributed by atoms with E-state index in [0.29, 0.717) is 12.2 Å². The normalized spacial score (nSPS) is 21.7. The molecule has 1 atom stereocenters. The topological polar surface area (TPSA) is 99.9 Å². The molecular formula is C19H27N5O3+2. The van der Waals surface area contributed by atoms with Crippen molar-refractivity contribution in [2.24, 2.45) is 10.9 Å². The van der Waals surface area contributed by atoms with Crippen LogP contribution in [0.2, 0.25) is 0 Å². The Hall–Kier alpha value is -2.58. The first-order chi connectivity index (χ1) is 13.1. The Kier molecular flexibility index (Phi) is 6.31. The number of benzene rings is 1. The number of barbiturate groups is 1. The van der Waals surface area contributed by atoms with Gasteiger partial charge in [0.15, 0.2) is 5.92 Å². The Morgan fingerprint density at radius 3 is 2.59 bits per heavy atom. The second-order valence-corrected chi connectivity index (χ2v) is 6.89. The lowest BCUT2D eigenvalue weighted by Gasteiger charge is -2.28. The van der Waals surface area contributed by atoms with E-state index in [1.54, 1.807) is 12.1 Å². The van der Waals surface area contributed by atoms with Crippen LogP contribution < -0.4 is 20.4 Å². The molecule has 8 nitrogen and oxygen atoms in total. The molecule has 0 spiro atoms. The number of urea groups is 1. The van der Waals surface area contributed by atoms with Crippen molar-refractivity contribution in [1.82, 2.24) is 5.32 Å². The first-order valence-electron chi connectivity index (χ1n) is 9.53. The van der Waals surface area contributed by atoms with Gasteiger partial charge in [-0.1, -0.05) is 19.1 Å². The van der Waals surface area contributed by atoms with Crippen LogP contribution >= 0.6 is 0 Å². The number of nitrogens with two attached hydrogens (primary N) is 1. The Bertz CT molecular complexity index is 725. The Morgan fingerprint density at radius 2 is 1.93 bits per heavy atom. The van der Waals surface area contributed by atoms with Gasteiger partial charge in [0.1, 0.15) is 26.2 Å². The number of rotatable bonds is 6. The molecule has 1 aromatic carbocycles. The van der Waals surface area contributed by atoms with Gasteiger partial charge in [-0.25, -0.2) is 9.69 Å². The van der Waals surface area contributed by atoms with Crippen LogP contribution in [0.15, 0.2) is 29.3 Å². The number of quaternary nitrogens is 2. The van der Waals surface area contributed by atoms with Crippen molar-refractivity contribution in [3.05, 3.63) is 29.8 Å². The van der Waals surface area contributed by atoms with Crippen LogP contribution in [-0.2, 0) is 16.0 Å². The lowest BCUT2D eigenvalue weighted by Crippen LogP contribution is -3.20. The monoisotopic (exact) mass is 373 g/mol. The molecule has 0 aromatic heterocycles. The smallest absolute Gasteiger partial charge is 0.335 e. The number of anilines is 1. The number of nitrogens with zero attached hydrogens (tertiary/aromatic N) is 2. The van der Waals surface area contributed by atoms with E-state index in [1.165, 1.54) is 11.1 Å². The summed E-state index contributed by atoms with van der Waals surface area (Å²) < 4.78 is 0. The molecule has 3 rings (SSSR count). The number of imide groups is 2. The van der Waals surface area contributed by atoms with Crippen LogP contribution in [0.25, 0.3) is 0 Å². The van der Waals surface area contributed by atoms with Crippen LogP contribution in [0.4, 0.5) is 10.5 Å². The van der Waals surface area contributed by atoms with Crippen LogP contribution in [0.3, 0.4) is 0 Å². The van der Waals surface area contributed by atoms with Gasteiger partial charge in [-0.15, -0.1) is 0 Å². The molecular weight excluding hydrogens is 346 g/mol. The summed E-state index contributed by atoms with van der Waals surface area (Å²) in [7, 11) is 0. The molecule has 4 amide bonds. The third-order valence-electron chi connectivity index (χ3n) is 5.06. The number of nitrogens with one attached hydrogen (secondary N) is 2. The molecule has 4 N–H and O–H groups in total. The van der Waals surface area contributed by atoms with Crippen molar-refractivity contribution in [2.75, 3.05) is 44.2 Å². The predicted molar refractivity (Wildman–Crippen MR) is 101 cm³/mol. The van der Waals surface area contributed by atoms with Crippen molar-refractivity contribution >= 4 is 29.7 Å². The van der Waals surface area contributed by atoms with Gasteiger partial charge in [-0.2, -0.15) is 0 Å². The molecule has 0 bridgehead atoms. The highest BCUT2D eigenvalue weighted by atomic mass is 16.2. The number of carbonyl (C=O) groups is 3. The minimum atomic E-state index is -1.07. The summed E-state index contributed by atoms with van der Waals surface area (Å²) in [6, 6.07) is 6.46. The summed E-state index contributed by atoms with van der Waals surface area (Å²) in [6.45, 7) is 7.93. The van der Waals surface area contributed by atoms with Crippen LogP contribution in [0, 0.1) is 5.92 Å². The third-order valence-corrected chi connectivity index (χ3v) is 5.06. The molecule has 8 heteroatoms. The Balaban J connectivity index is 1.65. The number of piperazine rings is 1. The van der Waals surface area contributed by atoms with Gasteiger partial charge < -0.3 is 10.2 Å². The van der Waals surface area contributed by atoms with Crippen molar-refractivity contribution in [3.63, 3.8) is 0 Å². The van der Waals surface area contributed by atoms with Crippen molar-refractivity contribution in [3.8, 4) is 0 Å². The molecule has 1 aromatic rings. The molecule has 2 heterocycles. The summed E-state index contributed by atoms with van der Waals surface area (Å²) in [4.78, 5) is 43.8. The molecule has 2 aliphatic heterocycles. The molecule has 2 fully saturated rings. The second kappa shape index (κ2) is 8.88. The summed E-state index contributed by atoms with van der Waals surface area (Å²) in [5.41, 5.74) is 1.56. The zero-order valence-corrected chi connectivity index (χ0v) is 15.6. The first kappa shape index (κ1) is 19.2. The molecule has 2 saturated heterocycles. The zero-order valence-electron chi connectivity index (χ0n) is 15.6.